The van der Waals surface area contributed by atoms with Crippen molar-refractivity contribution in [2.45, 2.75) is 0 Å². The van der Waals surface area contributed by atoms with Gasteiger partial charge in [0.25, 0.3) is 0 Å². The maximum absolute atomic E-state index is 11.7. The van der Waals surface area contributed by atoms with Crippen LogP contribution in [0, 0.1) is 0 Å². The molecular weight excluding hydrogens is 293 g/mol. The summed E-state index contributed by atoms with van der Waals surface area (Å²) in [4.78, 5) is 15.5. The minimum Gasteiger partial charge on any atom is -0.466 e. The lowest BCUT2D eigenvalue weighted by Gasteiger charge is -2.06. The average Bonchev–Trinajstić information content (AvgIpc) is 2.74. The standard InChI is InChI=1S/C10H9Cl2N5O2/c1-19-10-15-8(16-17-10)14-9(18)13-7-3-5(11)2-6(12)4-7/h2-4H,1H3,(H3,13,14,15,16,17,18). The SMILES string of the molecule is COc1n[nH]c(NC(=O)Nc2cc(Cl)cc(Cl)c2)n1. The van der Waals surface area contributed by atoms with Gasteiger partial charge in [-0.3, -0.25) is 5.32 Å². The van der Waals surface area contributed by atoms with Crippen molar-refractivity contribution in [2.24, 2.45) is 0 Å². The van der Waals surface area contributed by atoms with Crippen LogP contribution in [0.3, 0.4) is 0 Å². The quantitative estimate of drug-likeness (QED) is 0.813. The number of hydrogen-bond acceptors (Lipinski definition) is 4. The molecule has 2 amide bonds. The summed E-state index contributed by atoms with van der Waals surface area (Å²) < 4.78 is 4.77. The largest absolute Gasteiger partial charge is 0.466 e. The van der Waals surface area contributed by atoms with E-state index in [1.807, 2.05) is 0 Å². The first-order valence-electron chi connectivity index (χ1n) is 5.07. The number of ether oxygens (including phenoxy) is 1. The van der Waals surface area contributed by atoms with Gasteiger partial charge in [0, 0.05) is 15.7 Å². The summed E-state index contributed by atoms with van der Waals surface area (Å²) in [6.45, 7) is 0. The van der Waals surface area contributed by atoms with Crippen LogP contribution in [0.4, 0.5) is 16.4 Å². The summed E-state index contributed by atoms with van der Waals surface area (Å²) >= 11 is 11.6. The van der Waals surface area contributed by atoms with Gasteiger partial charge in [0.05, 0.1) is 7.11 Å². The van der Waals surface area contributed by atoms with Crippen LogP contribution in [0.5, 0.6) is 6.01 Å². The van der Waals surface area contributed by atoms with Gasteiger partial charge in [-0.25, -0.2) is 9.89 Å². The molecule has 0 fully saturated rings. The molecule has 0 atom stereocenters. The second-order valence-electron chi connectivity index (χ2n) is 3.41. The van der Waals surface area contributed by atoms with Crippen LogP contribution in [0.25, 0.3) is 0 Å². The fourth-order valence-corrected chi connectivity index (χ4v) is 1.82. The summed E-state index contributed by atoms with van der Waals surface area (Å²) in [7, 11) is 1.42. The summed E-state index contributed by atoms with van der Waals surface area (Å²) in [5, 5.41) is 12.0. The van der Waals surface area contributed by atoms with Crippen molar-refractivity contribution < 1.29 is 9.53 Å². The third-order valence-corrected chi connectivity index (χ3v) is 2.44. The van der Waals surface area contributed by atoms with Gasteiger partial charge in [0.15, 0.2) is 0 Å². The second-order valence-corrected chi connectivity index (χ2v) is 4.28. The molecule has 0 aliphatic carbocycles. The number of halogens is 2. The molecule has 2 rings (SSSR count). The van der Waals surface area contributed by atoms with Crippen molar-refractivity contribution in [1.82, 2.24) is 15.2 Å². The molecule has 3 N–H and O–H groups in total. The number of amides is 2. The molecule has 0 aliphatic rings. The Morgan fingerprint density at radius 3 is 2.53 bits per heavy atom. The van der Waals surface area contributed by atoms with E-state index in [0.717, 1.165) is 0 Å². The van der Waals surface area contributed by atoms with E-state index >= 15 is 0 Å². The first-order chi connectivity index (χ1) is 9.06. The highest BCUT2D eigenvalue weighted by Gasteiger charge is 2.08. The Labute approximate surface area is 118 Å². The molecule has 9 heteroatoms. The molecule has 7 nitrogen and oxygen atoms in total. The minimum atomic E-state index is -0.517. The van der Waals surface area contributed by atoms with E-state index in [2.05, 4.69) is 25.8 Å². The summed E-state index contributed by atoms with van der Waals surface area (Å²) in [5.74, 6) is 0.155. The number of nitrogens with one attached hydrogen (secondary N) is 3. The smallest absolute Gasteiger partial charge is 0.336 e. The number of H-pyrrole nitrogens is 1. The van der Waals surface area contributed by atoms with Gasteiger partial charge in [-0.1, -0.05) is 23.2 Å². The highest BCUT2D eigenvalue weighted by atomic mass is 35.5. The van der Waals surface area contributed by atoms with Crippen molar-refractivity contribution in [1.29, 1.82) is 0 Å². The summed E-state index contributed by atoms with van der Waals surface area (Å²) in [6.07, 6.45) is 0. The highest BCUT2D eigenvalue weighted by Crippen LogP contribution is 2.22. The molecule has 0 unspecified atom stereocenters. The Kier molecular flexibility index (Phi) is 4.08. The van der Waals surface area contributed by atoms with Crippen LogP contribution >= 0.6 is 23.2 Å². The monoisotopic (exact) mass is 301 g/mol. The third-order valence-electron chi connectivity index (χ3n) is 2.00. The van der Waals surface area contributed by atoms with Crippen LogP contribution in [-0.4, -0.2) is 28.3 Å². The topological polar surface area (TPSA) is 91.9 Å². The first kappa shape index (κ1) is 13.4. The van der Waals surface area contributed by atoms with Gasteiger partial charge in [-0.15, -0.1) is 5.10 Å². The molecule has 0 aliphatic heterocycles. The number of aromatic nitrogens is 3. The maximum atomic E-state index is 11.7. The second kappa shape index (κ2) is 5.77. The van der Waals surface area contributed by atoms with E-state index in [1.54, 1.807) is 18.2 Å². The zero-order chi connectivity index (χ0) is 13.8. The Morgan fingerprint density at radius 2 is 1.95 bits per heavy atom. The molecule has 1 aromatic heterocycles. The highest BCUT2D eigenvalue weighted by molar-refractivity contribution is 6.35. The normalized spacial score (nSPS) is 10.1. The van der Waals surface area contributed by atoms with E-state index in [4.69, 9.17) is 27.9 Å². The molecule has 0 saturated heterocycles. The molecule has 19 heavy (non-hydrogen) atoms. The molecule has 0 saturated carbocycles. The molecule has 1 heterocycles. The maximum Gasteiger partial charge on any atom is 0.336 e. The van der Waals surface area contributed by atoms with Gasteiger partial charge in [0.1, 0.15) is 0 Å². The molecule has 0 bridgehead atoms. The van der Waals surface area contributed by atoms with E-state index in [0.29, 0.717) is 15.7 Å². The lowest BCUT2D eigenvalue weighted by atomic mass is 10.3. The van der Waals surface area contributed by atoms with Gasteiger partial charge in [-0.05, 0) is 18.2 Å². The van der Waals surface area contributed by atoms with Gasteiger partial charge < -0.3 is 10.1 Å². The Hall–Kier alpha value is -1.99. The van der Waals surface area contributed by atoms with Gasteiger partial charge in [-0.2, -0.15) is 4.98 Å². The number of methoxy groups -OCH3 is 1. The number of hydrogen-bond donors (Lipinski definition) is 3. The zero-order valence-corrected chi connectivity index (χ0v) is 11.2. The number of rotatable bonds is 3. The lowest BCUT2D eigenvalue weighted by Crippen LogP contribution is -2.20. The predicted octanol–water partition coefficient (Wildman–Crippen LogP) is 2.76. The number of aromatic amines is 1. The van der Waals surface area contributed by atoms with E-state index in [-0.39, 0.29) is 12.0 Å². The molecular formula is C10H9Cl2N5O2. The number of anilines is 2. The first-order valence-corrected chi connectivity index (χ1v) is 5.83. The predicted molar refractivity (Wildman–Crippen MR) is 72.0 cm³/mol. The lowest BCUT2D eigenvalue weighted by molar-refractivity contribution is 0.262. The van der Waals surface area contributed by atoms with Crippen molar-refractivity contribution in [3.63, 3.8) is 0 Å². The van der Waals surface area contributed by atoms with Crippen LogP contribution in [0.15, 0.2) is 18.2 Å². The summed E-state index contributed by atoms with van der Waals surface area (Å²) in [6, 6.07) is 4.30. The number of benzene rings is 1. The average molecular weight is 302 g/mol. The number of carbonyl (C=O) groups excluding carboxylic acids is 1. The van der Waals surface area contributed by atoms with Crippen LogP contribution in [0.1, 0.15) is 0 Å². The van der Waals surface area contributed by atoms with Crippen LogP contribution in [0.2, 0.25) is 10.0 Å². The number of urea groups is 1. The van der Waals surface area contributed by atoms with Crippen molar-refractivity contribution in [3.8, 4) is 6.01 Å². The Bertz CT molecular complexity index is 581. The number of carbonyl (C=O) groups is 1. The summed E-state index contributed by atoms with van der Waals surface area (Å²) in [5.41, 5.74) is 0.460. The van der Waals surface area contributed by atoms with Gasteiger partial charge in [0.2, 0.25) is 5.95 Å². The third kappa shape index (κ3) is 3.73. The van der Waals surface area contributed by atoms with Crippen LogP contribution in [-0.2, 0) is 0 Å². The molecule has 100 valence electrons. The van der Waals surface area contributed by atoms with Crippen LogP contribution < -0.4 is 15.4 Å². The fourth-order valence-electron chi connectivity index (χ4n) is 1.29. The Balaban J connectivity index is 2.00. The molecule has 0 spiro atoms. The van der Waals surface area contributed by atoms with Crippen molar-refractivity contribution >= 4 is 40.9 Å². The minimum absolute atomic E-state index is 0.126. The van der Waals surface area contributed by atoms with E-state index in [9.17, 15) is 4.79 Å². The molecule has 1 aromatic carbocycles. The number of nitrogens with zero attached hydrogens (tertiary/aromatic N) is 2. The molecule has 2 aromatic rings. The van der Waals surface area contributed by atoms with Crippen molar-refractivity contribution in [3.05, 3.63) is 28.2 Å². The van der Waals surface area contributed by atoms with Gasteiger partial charge >= 0.3 is 12.0 Å². The van der Waals surface area contributed by atoms with Crippen molar-refractivity contribution in [2.75, 3.05) is 17.7 Å². The van der Waals surface area contributed by atoms with E-state index < -0.39 is 6.03 Å². The fraction of sp³-hybridized carbons (Fsp3) is 0.100. The molecule has 0 radical (unpaired) electrons. The Morgan fingerprint density at radius 1 is 1.26 bits per heavy atom. The van der Waals surface area contributed by atoms with E-state index in [1.165, 1.54) is 7.11 Å². The zero-order valence-electron chi connectivity index (χ0n) is 9.70.